The second-order valence-electron chi connectivity index (χ2n) is 8.24. The van der Waals surface area contributed by atoms with E-state index in [1.165, 1.54) is 40.4 Å². The zero-order valence-corrected chi connectivity index (χ0v) is 19.8. The Labute approximate surface area is 209 Å². The first-order valence-electron chi connectivity index (χ1n) is 11.0. The van der Waals surface area contributed by atoms with Crippen molar-refractivity contribution in [2.75, 3.05) is 35.3 Å². The van der Waals surface area contributed by atoms with E-state index in [4.69, 9.17) is 16.3 Å². The summed E-state index contributed by atoms with van der Waals surface area (Å²) in [5, 5.41) is 9.81. The number of carbonyl (C=O) groups excluding carboxylic acids is 3. The van der Waals surface area contributed by atoms with Crippen LogP contribution in [0.1, 0.15) is 17.3 Å². The van der Waals surface area contributed by atoms with E-state index < -0.39 is 23.8 Å². The number of rotatable bonds is 4. The van der Waals surface area contributed by atoms with Crippen molar-refractivity contribution in [1.29, 1.82) is 0 Å². The molecule has 0 bridgehead atoms. The molecule has 1 fully saturated rings. The van der Waals surface area contributed by atoms with Crippen molar-refractivity contribution in [2.24, 2.45) is 7.05 Å². The number of hydrogen-bond acceptors (Lipinski definition) is 6. The average Bonchev–Trinajstić information content (AvgIpc) is 3.42. The molecule has 0 aliphatic carbocycles. The van der Waals surface area contributed by atoms with Gasteiger partial charge in [-0.1, -0.05) is 11.6 Å². The summed E-state index contributed by atoms with van der Waals surface area (Å²) >= 11 is 5.85. The van der Waals surface area contributed by atoms with Crippen LogP contribution in [0.3, 0.4) is 0 Å². The minimum Gasteiger partial charge on any atom is -0.370 e. The summed E-state index contributed by atoms with van der Waals surface area (Å²) in [6, 6.07) is 5.60. The highest BCUT2D eigenvalue weighted by Crippen LogP contribution is 2.35. The zero-order chi connectivity index (χ0) is 25.4. The van der Waals surface area contributed by atoms with Crippen LogP contribution in [0.4, 0.5) is 26.4 Å². The van der Waals surface area contributed by atoms with Gasteiger partial charge in [-0.2, -0.15) is 5.10 Å². The topological polar surface area (TPSA) is 122 Å². The molecule has 4 amide bonds. The summed E-state index contributed by atoms with van der Waals surface area (Å²) in [6.07, 6.45) is 2.90. The van der Waals surface area contributed by atoms with E-state index in [1.807, 2.05) is 0 Å². The maximum Gasteiger partial charge on any atom is 0.324 e. The molecule has 5 rings (SSSR count). The van der Waals surface area contributed by atoms with E-state index in [2.05, 4.69) is 20.7 Å². The molecule has 1 aromatic carbocycles. The zero-order valence-electron chi connectivity index (χ0n) is 19.1. The largest absolute Gasteiger partial charge is 0.370 e. The molecular formula is C23H21ClFN7O4. The Balaban J connectivity index is 1.36. The Hall–Kier alpha value is -4.03. The molecule has 2 aromatic heterocycles. The molecule has 0 saturated carbocycles. The molecule has 0 unspecified atom stereocenters. The lowest BCUT2D eigenvalue weighted by atomic mass is 10.1. The molecule has 3 aromatic rings. The Morgan fingerprint density at radius 2 is 2.03 bits per heavy atom. The molecule has 0 radical (unpaired) electrons. The normalized spacial score (nSPS) is 17.2. The number of fused-ring (bicyclic) bond motifs is 1. The van der Waals surface area contributed by atoms with Gasteiger partial charge in [0.1, 0.15) is 24.3 Å². The fourth-order valence-electron chi connectivity index (χ4n) is 4.19. The van der Waals surface area contributed by atoms with Gasteiger partial charge in [-0.15, -0.1) is 0 Å². The minimum atomic E-state index is -1.05. The van der Waals surface area contributed by atoms with Crippen molar-refractivity contribution in [3.05, 3.63) is 64.8 Å². The van der Waals surface area contributed by atoms with Crippen LogP contribution in [0.15, 0.2) is 42.7 Å². The van der Waals surface area contributed by atoms with Crippen LogP contribution in [-0.2, 0) is 27.9 Å². The second kappa shape index (κ2) is 9.55. The number of aromatic nitrogens is 3. The number of nitrogens with zero attached hydrogens (tertiary/aromatic N) is 5. The van der Waals surface area contributed by atoms with Gasteiger partial charge in [-0.3, -0.25) is 19.6 Å². The molecule has 186 valence electrons. The third-order valence-electron chi connectivity index (χ3n) is 6.00. The van der Waals surface area contributed by atoms with Crippen LogP contribution >= 0.6 is 11.6 Å². The number of ether oxygens (including phenoxy) is 1. The molecule has 36 heavy (non-hydrogen) atoms. The van der Waals surface area contributed by atoms with E-state index in [0.29, 0.717) is 35.1 Å². The van der Waals surface area contributed by atoms with Crippen LogP contribution in [0, 0.1) is 5.82 Å². The first-order chi connectivity index (χ1) is 17.3. The summed E-state index contributed by atoms with van der Waals surface area (Å²) in [7, 11) is 1.71. The van der Waals surface area contributed by atoms with Gasteiger partial charge >= 0.3 is 6.03 Å². The molecule has 1 saturated heterocycles. The van der Waals surface area contributed by atoms with Crippen LogP contribution < -0.4 is 15.5 Å². The predicted octanol–water partition coefficient (Wildman–Crippen LogP) is 2.70. The molecule has 1 atom stereocenters. The number of anilines is 3. The molecule has 13 heteroatoms. The number of aryl methyl sites for hydroxylation is 1. The predicted molar refractivity (Wildman–Crippen MR) is 128 cm³/mol. The number of amides is 4. The average molecular weight is 514 g/mol. The number of pyridine rings is 1. The van der Waals surface area contributed by atoms with E-state index in [-0.39, 0.29) is 30.6 Å². The number of morpholine rings is 1. The van der Waals surface area contributed by atoms with Crippen molar-refractivity contribution in [1.82, 2.24) is 19.7 Å². The van der Waals surface area contributed by atoms with Gasteiger partial charge in [0, 0.05) is 31.0 Å². The standard InChI is InChI=1S/C23H21ClFN7O4/c1-30-18-11-32(23(35)29-19-5-2-13(24)9-26-19)21(15(18)10-27-30)22(34)28-17-4-3-14(8-16(17)25)31-6-7-36-12-20(31)33/h2-5,8-10,21H,6-7,11-12H2,1H3,(H,28,34)(H,26,29,35)/t21-/m1/s1. The minimum absolute atomic E-state index is 0.0708. The summed E-state index contributed by atoms with van der Waals surface area (Å²) in [5.74, 6) is -1.35. The van der Waals surface area contributed by atoms with E-state index >= 15 is 0 Å². The van der Waals surface area contributed by atoms with Crippen molar-refractivity contribution in [3.63, 3.8) is 0 Å². The van der Waals surface area contributed by atoms with Crippen LogP contribution in [0.2, 0.25) is 5.02 Å². The van der Waals surface area contributed by atoms with E-state index in [9.17, 15) is 18.8 Å². The Kier molecular flexibility index (Phi) is 6.29. The summed E-state index contributed by atoms with van der Waals surface area (Å²) in [5.41, 5.74) is 1.49. The monoisotopic (exact) mass is 513 g/mol. The summed E-state index contributed by atoms with van der Waals surface area (Å²) in [6.45, 7) is 0.704. The van der Waals surface area contributed by atoms with Gasteiger partial charge in [0.15, 0.2) is 0 Å². The van der Waals surface area contributed by atoms with E-state index in [0.717, 1.165) is 0 Å². The lowest BCUT2D eigenvalue weighted by Crippen LogP contribution is -2.41. The number of halogens is 2. The maximum absolute atomic E-state index is 14.9. The Morgan fingerprint density at radius 1 is 1.19 bits per heavy atom. The molecule has 4 heterocycles. The third kappa shape index (κ3) is 4.48. The van der Waals surface area contributed by atoms with Crippen molar-refractivity contribution < 1.29 is 23.5 Å². The molecule has 2 aliphatic heterocycles. The van der Waals surface area contributed by atoms with Crippen molar-refractivity contribution in [2.45, 2.75) is 12.6 Å². The number of carbonyl (C=O) groups is 3. The molecule has 2 aliphatic rings. The van der Waals surface area contributed by atoms with Gasteiger partial charge in [0.25, 0.3) is 11.8 Å². The van der Waals surface area contributed by atoms with Crippen LogP contribution in [-0.4, -0.2) is 57.3 Å². The van der Waals surface area contributed by atoms with Gasteiger partial charge in [0.05, 0.1) is 35.8 Å². The maximum atomic E-state index is 14.9. The highest BCUT2D eigenvalue weighted by atomic mass is 35.5. The lowest BCUT2D eigenvalue weighted by molar-refractivity contribution is -0.125. The van der Waals surface area contributed by atoms with Crippen molar-refractivity contribution >= 4 is 46.6 Å². The molecule has 11 nitrogen and oxygen atoms in total. The molecule has 0 spiro atoms. The van der Waals surface area contributed by atoms with E-state index in [1.54, 1.807) is 23.9 Å². The second-order valence-corrected chi connectivity index (χ2v) is 8.68. The van der Waals surface area contributed by atoms with Gasteiger partial charge in [0.2, 0.25) is 0 Å². The number of hydrogen-bond donors (Lipinski definition) is 2. The Morgan fingerprint density at radius 3 is 2.75 bits per heavy atom. The molecule has 2 N–H and O–H groups in total. The smallest absolute Gasteiger partial charge is 0.324 e. The summed E-state index contributed by atoms with van der Waals surface area (Å²) in [4.78, 5) is 45.3. The SMILES string of the molecule is Cn1ncc2c1CN(C(=O)Nc1ccc(Cl)cn1)[C@H]2C(=O)Nc1ccc(N2CCOCC2=O)cc1F. The van der Waals surface area contributed by atoms with Gasteiger partial charge in [-0.25, -0.2) is 14.2 Å². The third-order valence-corrected chi connectivity index (χ3v) is 6.22. The number of urea groups is 1. The fourth-order valence-corrected chi connectivity index (χ4v) is 4.30. The first kappa shape index (κ1) is 23.7. The quantitative estimate of drug-likeness (QED) is 0.553. The highest BCUT2D eigenvalue weighted by Gasteiger charge is 2.41. The van der Waals surface area contributed by atoms with Gasteiger partial charge < -0.3 is 19.9 Å². The van der Waals surface area contributed by atoms with Crippen LogP contribution in [0.25, 0.3) is 0 Å². The molecular weight excluding hydrogens is 493 g/mol. The van der Waals surface area contributed by atoms with Crippen molar-refractivity contribution in [3.8, 4) is 0 Å². The lowest BCUT2D eigenvalue weighted by Gasteiger charge is -2.27. The van der Waals surface area contributed by atoms with Crippen LogP contribution in [0.5, 0.6) is 0 Å². The Bertz CT molecular complexity index is 1350. The number of benzene rings is 1. The first-order valence-corrected chi connectivity index (χ1v) is 11.4. The number of nitrogens with one attached hydrogen (secondary N) is 2. The summed E-state index contributed by atoms with van der Waals surface area (Å²) < 4.78 is 21.6. The highest BCUT2D eigenvalue weighted by molar-refractivity contribution is 6.30. The van der Waals surface area contributed by atoms with Gasteiger partial charge in [-0.05, 0) is 30.3 Å². The fraction of sp³-hybridized carbons (Fsp3) is 0.261.